The molecule has 0 radical (unpaired) electrons. The third-order valence-electron chi connectivity index (χ3n) is 8.45. The molecule has 49 heavy (non-hydrogen) atoms. The molecule has 0 aromatic rings. The number of carbonyl (C=O) groups excluding carboxylic acids is 1. The van der Waals surface area contributed by atoms with Crippen LogP contribution < -0.4 is 5.32 Å². The van der Waals surface area contributed by atoms with Crippen LogP contribution >= 0.6 is 7.82 Å². The molecule has 1 amide bonds. The quantitative estimate of drug-likeness (QED) is 0.0338. The summed E-state index contributed by atoms with van der Waals surface area (Å²) < 4.78 is 22.6. The second kappa shape index (κ2) is 26.3. The molecular weight excluding hydrogens is 657 g/mol. The van der Waals surface area contributed by atoms with E-state index in [9.17, 15) is 50.0 Å². The highest BCUT2D eigenvalue weighted by molar-refractivity contribution is 7.47. The number of rotatable bonds is 27. The maximum Gasteiger partial charge on any atom is 0.472 e. The van der Waals surface area contributed by atoms with E-state index < -0.39 is 75.2 Å². The van der Waals surface area contributed by atoms with Crippen LogP contribution in [0.2, 0.25) is 0 Å². The number of amides is 1. The lowest BCUT2D eigenvalue weighted by Crippen LogP contribution is -2.64. The lowest BCUT2D eigenvalue weighted by Gasteiger charge is -2.41. The van der Waals surface area contributed by atoms with Gasteiger partial charge >= 0.3 is 7.82 Å². The molecule has 14 heteroatoms. The van der Waals surface area contributed by atoms with Gasteiger partial charge in [0.1, 0.15) is 36.6 Å². The molecule has 1 rings (SSSR count). The summed E-state index contributed by atoms with van der Waals surface area (Å²) in [7, 11) is -5.14. The van der Waals surface area contributed by atoms with Gasteiger partial charge in [0.05, 0.1) is 31.3 Å². The van der Waals surface area contributed by atoms with E-state index in [4.69, 9.17) is 9.05 Å². The molecule has 0 heterocycles. The first-order chi connectivity index (χ1) is 23.3. The zero-order valence-corrected chi connectivity index (χ0v) is 30.2. The van der Waals surface area contributed by atoms with Crippen LogP contribution in [0.25, 0.3) is 0 Å². The Morgan fingerprint density at radius 1 is 0.714 bits per heavy atom. The maximum atomic E-state index is 12.8. The Morgan fingerprint density at radius 2 is 1.20 bits per heavy atom. The SMILES string of the molecule is CCCCCC/C=C\CC(O)CC(=O)NC(COP(=O)(O)OC1C(O)C(O)C(O)C(O)C1O)C(O)/C=C/CC/C=C/CCCCCCCC. The van der Waals surface area contributed by atoms with E-state index in [2.05, 4.69) is 31.3 Å². The van der Waals surface area contributed by atoms with Gasteiger partial charge in [0.2, 0.25) is 5.91 Å². The number of phosphoric acid groups is 1. The van der Waals surface area contributed by atoms with Crippen molar-refractivity contribution in [2.45, 2.75) is 171 Å². The van der Waals surface area contributed by atoms with Crippen molar-refractivity contribution < 1.29 is 59.0 Å². The van der Waals surface area contributed by atoms with Gasteiger partial charge in [0, 0.05) is 0 Å². The Bertz CT molecular complexity index is 995. The summed E-state index contributed by atoms with van der Waals surface area (Å²) in [5.74, 6) is -0.644. The zero-order valence-electron chi connectivity index (χ0n) is 29.3. The Balaban J connectivity index is 2.77. The van der Waals surface area contributed by atoms with Crippen molar-refractivity contribution in [2.24, 2.45) is 0 Å². The Morgan fingerprint density at radius 3 is 1.82 bits per heavy atom. The standard InChI is InChI=1S/C35H64NO12P/c1-3-5-7-9-11-12-13-14-15-17-19-21-23-28(38)27(36-29(39)24-26(37)22-20-18-16-10-8-6-4-2)25-47-49(45,46)48-35-33(43)31(41)30(40)32(42)34(35)44/h14-15,18,20-21,23,26-28,30-35,37-38,40-44H,3-13,16-17,19,22,24-25H2,1-2H3,(H,36,39)(H,45,46)/b15-14+,20-18-,23-21+. The molecule has 8 unspecified atom stereocenters. The predicted molar refractivity (Wildman–Crippen MR) is 187 cm³/mol. The molecule has 0 aromatic carbocycles. The molecule has 8 atom stereocenters. The smallest absolute Gasteiger partial charge is 0.392 e. The van der Waals surface area contributed by atoms with Crippen molar-refractivity contribution >= 4 is 13.7 Å². The zero-order chi connectivity index (χ0) is 36.7. The van der Waals surface area contributed by atoms with Crippen LogP contribution in [0.5, 0.6) is 0 Å². The highest BCUT2D eigenvalue weighted by Crippen LogP contribution is 2.47. The van der Waals surface area contributed by atoms with Gasteiger partial charge in [-0.3, -0.25) is 13.8 Å². The monoisotopic (exact) mass is 721 g/mol. The second-order valence-electron chi connectivity index (χ2n) is 12.9. The van der Waals surface area contributed by atoms with Crippen LogP contribution in [0.4, 0.5) is 0 Å². The number of hydrogen-bond donors (Lipinski definition) is 9. The molecule has 0 spiro atoms. The lowest BCUT2D eigenvalue weighted by molar-refractivity contribution is -0.220. The Labute approximate surface area is 292 Å². The first-order valence-corrected chi connectivity index (χ1v) is 19.5. The molecule has 1 aliphatic rings. The van der Waals surface area contributed by atoms with Crippen LogP contribution in [0, 0.1) is 0 Å². The lowest BCUT2D eigenvalue weighted by atomic mass is 9.85. The Hall–Kier alpha value is -1.48. The fourth-order valence-corrected chi connectivity index (χ4v) is 6.34. The largest absolute Gasteiger partial charge is 0.472 e. The van der Waals surface area contributed by atoms with E-state index in [1.807, 2.05) is 12.2 Å². The van der Waals surface area contributed by atoms with Crippen molar-refractivity contribution in [3.63, 3.8) is 0 Å². The third kappa shape index (κ3) is 19.6. The minimum absolute atomic E-state index is 0.245. The molecule has 0 bridgehead atoms. The summed E-state index contributed by atoms with van der Waals surface area (Å²) in [6.45, 7) is 3.57. The number of phosphoric ester groups is 1. The van der Waals surface area contributed by atoms with Crippen molar-refractivity contribution in [1.29, 1.82) is 0 Å². The number of hydrogen-bond acceptors (Lipinski definition) is 11. The molecule has 286 valence electrons. The Kier molecular flexibility index (Phi) is 24.5. The molecule has 0 aromatic heterocycles. The molecule has 0 aliphatic heterocycles. The fraction of sp³-hybridized carbons (Fsp3) is 0.800. The van der Waals surface area contributed by atoms with Gasteiger partial charge in [-0.1, -0.05) is 102 Å². The van der Waals surface area contributed by atoms with Gasteiger partial charge in [-0.2, -0.15) is 0 Å². The van der Waals surface area contributed by atoms with Crippen molar-refractivity contribution in [1.82, 2.24) is 5.32 Å². The number of nitrogens with one attached hydrogen (secondary N) is 1. The number of aliphatic hydroxyl groups excluding tert-OH is 7. The first kappa shape index (κ1) is 45.5. The summed E-state index contributed by atoms with van der Waals surface area (Å²) >= 11 is 0. The summed E-state index contributed by atoms with van der Waals surface area (Å²) in [6.07, 6.45) is 11.7. The molecule has 1 fully saturated rings. The summed E-state index contributed by atoms with van der Waals surface area (Å²) in [5, 5.41) is 73.6. The van der Waals surface area contributed by atoms with E-state index >= 15 is 0 Å². The number of carbonyl (C=O) groups is 1. The predicted octanol–water partition coefficient (Wildman–Crippen LogP) is 3.46. The molecule has 1 saturated carbocycles. The summed E-state index contributed by atoms with van der Waals surface area (Å²) in [4.78, 5) is 23.1. The van der Waals surface area contributed by atoms with Crippen molar-refractivity contribution in [3.05, 3.63) is 36.5 Å². The van der Waals surface area contributed by atoms with Crippen LogP contribution in [-0.2, 0) is 18.4 Å². The van der Waals surface area contributed by atoms with E-state index in [1.54, 1.807) is 6.08 Å². The van der Waals surface area contributed by atoms with Crippen LogP contribution in [0.1, 0.15) is 117 Å². The average molecular weight is 722 g/mol. The van der Waals surface area contributed by atoms with Crippen molar-refractivity contribution in [3.8, 4) is 0 Å². The molecule has 13 nitrogen and oxygen atoms in total. The number of allylic oxidation sites excluding steroid dienone is 4. The van der Waals surface area contributed by atoms with E-state index in [0.717, 1.165) is 51.4 Å². The van der Waals surface area contributed by atoms with Crippen LogP contribution in [-0.4, -0.2) is 108 Å². The second-order valence-corrected chi connectivity index (χ2v) is 14.3. The van der Waals surface area contributed by atoms with Gasteiger partial charge < -0.3 is 46.0 Å². The van der Waals surface area contributed by atoms with Gasteiger partial charge in [-0.15, -0.1) is 0 Å². The number of unbranched alkanes of at least 4 members (excludes halogenated alkanes) is 11. The number of aliphatic hydroxyl groups is 7. The van der Waals surface area contributed by atoms with E-state index in [-0.39, 0.29) is 12.8 Å². The molecule has 1 aliphatic carbocycles. The normalized spacial score (nSPS) is 26.3. The third-order valence-corrected chi connectivity index (χ3v) is 9.43. The first-order valence-electron chi connectivity index (χ1n) is 18.0. The minimum Gasteiger partial charge on any atom is -0.392 e. The molecule has 0 saturated heterocycles. The van der Waals surface area contributed by atoms with Gasteiger partial charge in [-0.05, 0) is 44.9 Å². The minimum atomic E-state index is -5.14. The fourth-order valence-electron chi connectivity index (χ4n) is 5.37. The highest BCUT2D eigenvalue weighted by Gasteiger charge is 2.51. The highest BCUT2D eigenvalue weighted by atomic mass is 31.2. The topological polar surface area (TPSA) is 226 Å². The van der Waals surface area contributed by atoms with Gasteiger partial charge in [0.25, 0.3) is 0 Å². The average Bonchev–Trinajstić information content (AvgIpc) is 3.06. The molecular formula is C35H64NO12P. The van der Waals surface area contributed by atoms with Gasteiger partial charge in [-0.25, -0.2) is 4.57 Å². The molecule has 9 N–H and O–H groups in total. The van der Waals surface area contributed by atoms with Crippen LogP contribution in [0.15, 0.2) is 36.5 Å². The van der Waals surface area contributed by atoms with Crippen molar-refractivity contribution in [2.75, 3.05) is 6.61 Å². The summed E-state index contributed by atoms with van der Waals surface area (Å²) in [5.41, 5.74) is 0. The maximum absolute atomic E-state index is 12.8. The van der Waals surface area contributed by atoms with Gasteiger partial charge in [0.15, 0.2) is 0 Å². The summed E-state index contributed by atoms with van der Waals surface area (Å²) in [6, 6.07) is -1.27. The van der Waals surface area contributed by atoms with E-state index in [0.29, 0.717) is 6.42 Å². The van der Waals surface area contributed by atoms with E-state index in [1.165, 1.54) is 38.2 Å². The van der Waals surface area contributed by atoms with Crippen LogP contribution in [0.3, 0.4) is 0 Å².